The third-order valence-corrected chi connectivity index (χ3v) is 0.901. The van der Waals surface area contributed by atoms with Crippen molar-refractivity contribution in [1.29, 1.82) is 0 Å². The number of hydrogen-bond acceptors (Lipinski definition) is 3. The van der Waals surface area contributed by atoms with Crippen molar-refractivity contribution in [3.05, 3.63) is 0 Å². The van der Waals surface area contributed by atoms with Crippen molar-refractivity contribution >= 4 is 13.6 Å². The van der Waals surface area contributed by atoms with Crippen molar-refractivity contribution in [2.75, 3.05) is 6.61 Å². The molecule has 0 aromatic heterocycles. The summed E-state index contributed by atoms with van der Waals surface area (Å²) in [5.41, 5.74) is 0. The normalized spacial score (nSPS) is 9.36. The summed E-state index contributed by atoms with van der Waals surface area (Å²) < 4.78 is 13.7. The van der Waals surface area contributed by atoms with Gasteiger partial charge in [0, 0.05) is 0 Å². The second-order valence-corrected chi connectivity index (χ2v) is 2.71. The van der Waals surface area contributed by atoms with E-state index in [9.17, 15) is 9.36 Å². The fourth-order valence-electron chi connectivity index (χ4n) is 0.175. The van der Waals surface area contributed by atoms with Gasteiger partial charge in [0.1, 0.15) is 6.61 Å². The summed E-state index contributed by atoms with van der Waals surface area (Å²) >= 11 is 0. The molecular formula is C3H9Li2O5P. The molecule has 0 unspecified atom stereocenters. The Bertz CT molecular complexity index is 162. The van der Waals surface area contributed by atoms with E-state index in [-0.39, 0.29) is 40.6 Å². The van der Waals surface area contributed by atoms with Crippen LogP contribution in [-0.2, 0) is 13.9 Å². The van der Waals surface area contributed by atoms with Gasteiger partial charge < -0.3 is 12.6 Å². The Morgan fingerprint density at radius 3 is 2.00 bits per heavy atom. The fourth-order valence-corrected chi connectivity index (χ4v) is 0.525. The van der Waals surface area contributed by atoms with Crippen LogP contribution in [-0.4, -0.2) is 22.2 Å². The van der Waals surface area contributed by atoms with E-state index in [1.807, 2.05) is 0 Å². The maximum atomic E-state index is 10.0. The van der Waals surface area contributed by atoms with Gasteiger partial charge in [0.25, 0.3) is 0 Å². The molecule has 5 nitrogen and oxygen atoms in total. The Morgan fingerprint density at radius 2 is 1.91 bits per heavy atom. The number of Topliss-reactive ketones (excluding diaryl/α,β-unsaturated/α-hetero) is 1. The van der Waals surface area contributed by atoms with E-state index in [4.69, 9.17) is 9.79 Å². The van der Waals surface area contributed by atoms with Crippen molar-refractivity contribution in [3.8, 4) is 0 Å². The second-order valence-electron chi connectivity index (χ2n) is 1.47. The van der Waals surface area contributed by atoms with Gasteiger partial charge in [-0.3, -0.25) is 9.32 Å². The van der Waals surface area contributed by atoms with Crippen LogP contribution in [0.4, 0.5) is 0 Å². The Kier molecular flexibility index (Phi) is 12.4. The van der Waals surface area contributed by atoms with E-state index in [1.54, 1.807) is 0 Å². The molecule has 8 heteroatoms. The number of carbonyl (C=O) groups excluding carboxylic acids is 1. The van der Waals surface area contributed by atoms with Crippen molar-refractivity contribution in [1.82, 2.24) is 0 Å². The average molecular weight is 170 g/mol. The summed E-state index contributed by atoms with van der Waals surface area (Å²) in [6, 6.07) is 0. The van der Waals surface area contributed by atoms with Crippen LogP contribution in [0.2, 0.25) is 0 Å². The molecule has 0 aliphatic rings. The molecule has 0 heterocycles. The van der Waals surface area contributed by atoms with Crippen LogP contribution in [0.25, 0.3) is 0 Å². The molecule has 0 fully saturated rings. The predicted molar refractivity (Wildman–Crippen MR) is 30.9 cm³/mol. The SMILES string of the molecule is CC(=O)COP(=O)(O)O.[H-].[H-].[Li+].[Li+]. The van der Waals surface area contributed by atoms with Gasteiger partial charge in [-0.25, -0.2) is 4.57 Å². The molecule has 0 atom stereocenters. The molecule has 0 aliphatic carbocycles. The van der Waals surface area contributed by atoms with Crippen molar-refractivity contribution in [3.63, 3.8) is 0 Å². The monoisotopic (exact) mass is 170 g/mol. The van der Waals surface area contributed by atoms with Gasteiger partial charge in [-0.15, -0.1) is 0 Å². The number of phosphoric acid groups is 1. The van der Waals surface area contributed by atoms with Crippen LogP contribution in [0.3, 0.4) is 0 Å². The number of hydrogen-bond donors (Lipinski definition) is 2. The van der Waals surface area contributed by atoms with Crippen molar-refractivity contribution < 1.29 is 64.2 Å². The van der Waals surface area contributed by atoms with Crippen LogP contribution < -0.4 is 37.7 Å². The molecule has 0 aliphatic heterocycles. The predicted octanol–water partition coefficient (Wildman–Crippen LogP) is -6.08. The smallest absolute Gasteiger partial charge is 1.00 e. The van der Waals surface area contributed by atoms with Crippen LogP contribution >= 0.6 is 7.82 Å². The first-order valence-corrected chi connectivity index (χ1v) is 3.64. The van der Waals surface area contributed by atoms with Crippen LogP contribution in [0.1, 0.15) is 9.78 Å². The minimum absolute atomic E-state index is 0. The summed E-state index contributed by atoms with van der Waals surface area (Å²) in [6.07, 6.45) is 0. The van der Waals surface area contributed by atoms with Crippen molar-refractivity contribution in [2.24, 2.45) is 0 Å². The molecular weight excluding hydrogens is 161 g/mol. The average Bonchev–Trinajstić information content (AvgIpc) is 1.59. The molecule has 0 aromatic rings. The van der Waals surface area contributed by atoms with Gasteiger partial charge >= 0.3 is 45.5 Å². The van der Waals surface area contributed by atoms with E-state index in [1.165, 1.54) is 6.92 Å². The fraction of sp³-hybridized carbons (Fsp3) is 0.667. The van der Waals surface area contributed by atoms with E-state index >= 15 is 0 Å². The summed E-state index contributed by atoms with van der Waals surface area (Å²) in [4.78, 5) is 26.0. The van der Waals surface area contributed by atoms with Crippen LogP contribution in [0, 0.1) is 0 Å². The van der Waals surface area contributed by atoms with Gasteiger partial charge in [0.15, 0.2) is 5.78 Å². The summed E-state index contributed by atoms with van der Waals surface area (Å²) in [5.74, 6) is -0.418. The minimum atomic E-state index is -4.44. The van der Waals surface area contributed by atoms with E-state index < -0.39 is 20.2 Å². The molecule has 11 heavy (non-hydrogen) atoms. The zero-order valence-corrected chi connectivity index (χ0v) is 7.67. The van der Waals surface area contributed by atoms with Crippen molar-refractivity contribution in [2.45, 2.75) is 6.92 Å². The summed E-state index contributed by atoms with van der Waals surface area (Å²) in [6.45, 7) is 0.639. The third kappa shape index (κ3) is 18.2. The molecule has 0 saturated carbocycles. The quantitative estimate of drug-likeness (QED) is 0.325. The number of ketones is 1. The van der Waals surface area contributed by atoms with Gasteiger partial charge in [-0.1, -0.05) is 0 Å². The molecule has 58 valence electrons. The number of rotatable bonds is 3. The van der Waals surface area contributed by atoms with Gasteiger partial charge in [-0.2, -0.15) is 0 Å². The standard InChI is InChI=1S/C3H7O5P.2Li.2H/c1-3(4)2-8-9(5,6)7;;;;/h2H2,1H3,(H2,5,6,7);;;;/q;2*+1;2*-1. The Balaban J connectivity index is -0.0000000533. The largest absolute Gasteiger partial charge is 1.00 e. The van der Waals surface area contributed by atoms with Gasteiger partial charge in [0.2, 0.25) is 0 Å². The van der Waals surface area contributed by atoms with Gasteiger partial charge in [0.05, 0.1) is 0 Å². The third-order valence-electron chi connectivity index (χ3n) is 0.436. The zero-order valence-electron chi connectivity index (χ0n) is 8.77. The second kappa shape index (κ2) is 7.61. The molecule has 0 amide bonds. The zero-order chi connectivity index (χ0) is 7.49. The first-order chi connectivity index (χ1) is 3.92. The minimum Gasteiger partial charge on any atom is -1.00 e. The molecule has 2 N–H and O–H groups in total. The molecule has 0 radical (unpaired) electrons. The van der Waals surface area contributed by atoms with E-state index in [0.29, 0.717) is 0 Å². The van der Waals surface area contributed by atoms with E-state index in [2.05, 4.69) is 4.52 Å². The summed E-state index contributed by atoms with van der Waals surface area (Å²) in [5, 5.41) is 0. The van der Waals surface area contributed by atoms with E-state index in [0.717, 1.165) is 0 Å². The summed E-state index contributed by atoms with van der Waals surface area (Å²) in [7, 11) is -4.44. The maximum absolute atomic E-state index is 10.0. The molecule has 0 aromatic carbocycles. The Hall–Kier alpha value is 0.975. The molecule has 0 spiro atoms. The first kappa shape index (κ1) is 17.9. The Morgan fingerprint density at radius 1 is 1.55 bits per heavy atom. The first-order valence-electron chi connectivity index (χ1n) is 2.11. The number of phosphoric ester groups is 1. The molecule has 0 saturated heterocycles. The molecule has 0 bridgehead atoms. The number of carbonyl (C=O) groups is 1. The Labute approximate surface area is 91.4 Å². The topological polar surface area (TPSA) is 83.8 Å². The van der Waals surface area contributed by atoms with Crippen LogP contribution in [0.5, 0.6) is 0 Å². The van der Waals surface area contributed by atoms with Gasteiger partial charge in [-0.05, 0) is 6.92 Å². The maximum Gasteiger partial charge on any atom is 1.00 e. The molecule has 0 rings (SSSR count). The van der Waals surface area contributed by atoms with Crippen LogP contribution in [0.15, 0.2) is 0 Å².